The van der Waals surface area contributed by atoms with Crippen LogP contribution in [0.1, 0.15) is 48.0 Å². The van der Waals surface area contributed by atoms with Gasteiger partial charge in [0, 0.05) is 19.6 Å². The Balaban J connectivity index is 4.39. The molecule has 0 saturated carbocycles. The zero-order chi connectivity index (χ0) is 15.1. The van der Waals surface area contributed by atoms with Crippen molar-refractivity contribution in [2.24, 2.45) is 17.6 Å². The number of esters is 1. The lowest BCUT2D eigenvalue weighted by atomic mass is 9.98. The molecule has 0 aromatic heterocycles. The van der Waals surface area contributed by atoms with Gasteiger partial charge in [-0.3, -0.25) is 4.79 Å². The lowest BCUT2D eigenvalue weighted by Crippen LogP contribution is -2.49. The lowest BCUT2D eigenvalue weighted by molar-refractivity contribution is -0.149. The Labute approximate surface area is 118 Å². The van der Waals surface area contributed by atoms with Crippen LogP contribution >= 0.6 is 0 Å². The number of hydrogen-bond donors (Lipinski definition) is 1. The van der Waals surface area contributed by atoms with Gasteiger partial charge in [0.15, 0.2) is 0 Å². The first-order valence-corrected chi connectivity index (χ1v) is 7.37. The molecule has 2 N–H and O–H groups in total. The largest absolute Gasteiger partial charge is 0.465 e. The van der Waals surface area contributed by atoms with Gasteiger partial charge in [-0.05, 0) is 32.1 Å². The van der Waals surface area contributed by atoms with Gasteiger partial charge in [-0.25, -0.2) is 0 Å². The molecule has 1 atom stereocenters. The molecule has 0 bridgehead atoms. The van der Waals surface area contributed by atoms with Gasteiger partial charge >= 0.3 is 5.97 Å². The van der Waals surface area contributed by atoms with Crippen molar-refractivity contribution in [1.82, 2.24) is 4.90 Å². The summed E-state index contributed by atoms with van der Waals surface area (Å²) in [6, 6.07) is 0. The Morgan fingerprint density at radius 1 is 1.21 bits per heavy atom. The van der Waals surface area contributed by atoms with Crippen LogP contribution in [0.4, 0.5) is 0 Å². The molecule has 0 spiro atoms. The molecule has 0 aliphatic carbocycles. The average molecular weight is 272 g/mol. The Hall–Kier alpha value is -0.610. The second-order valence-corrected chi connectivity index (χ2v) is 6.44. The SMILES string of the molecule is CCOC(=O)C(C)(N)CCN(CC(C)C)CC(C)C. The van der Waals surface area contributed by atoms with E-state index in [-0.39, 0.29) is 5.97 Å². The zero-order valence-corrected chi connectivity index (χ0v) is 13.5. The predicted molar refractivity (Wildman–Crippen MR) is 80.0 cm³/mol. The van der Waals surface area contributed by atoms with E-state index in [1.807, 2.05) is 0 Å². The van der Waals surface area contributed by atoms with E-state index in [0.29, 0.717) is 24.9 Å². The Morgan fingerprint density at radius 2 is 1.68 bits per heavy atom. The fraction of sp³-hybridized carbons (Fsp3) is 0.933. The second-order valence-electron chi connectivity index (χ2n) is 6.44. The van der Waals surface area contributed by atoms with Crippen LogP contribution in [0.25, 0.3) is 0 Å². The molecular weight excluding hydrogens is 240 g/mol. The van der Waals surface area contributed by atoms with E-state index in [1.165, 1.54) is 0 Å². The summed E-state index contributed by atoms with van der Waals surface area (Å²) in [4.78, 5) is 14.1. The third kappa shape index (κ3) is 8.22. The summed E-state index contributed by atoms with van der Waals surface area (Å²) in [5, 5.41) is 0. The minimum absolute atomic E-state index is 0.302. The Kier molecular flexibility index (Phi) is 8.26. The van der Waals surface area contributed by atoms with Crippen LogP contribution in [0.2, 0.25) is 0 Å². The molecule has 4 heteroatoms. The van der Waals surface area contributed by atoms with Crippen LogP contribution < -0.4 is 5.73 Å². The van der Waals surface area contributed by atoms with Crippen molar-refractivity contribution in [2.75, 3.05) is 26.2 Å². The van der Waals surface area contributed by atoms with Gasteiger partial charge in [0.2, 0.25) is 0 Å². The van der Waals surface area contributed by atoms with Gasteiger partial charge in [0.05, 0.1) is 6.61 Å². The lowest BCUT2D eigenvalue weighted by Gasteiger charge is -2.30. The molecule has 0 rings (SSSR count). The minimum Gasteiger partial charge on any atom is -0.465 e. The van der Waals surface area contributed by atoms with E-state index in [2.05, 4.69) is 32.6 Å². The molecule has 0 aromatic rings. The summed E-state index contributed by atoms with van der Waals surface area (Å²) >= 11 is 0. The highest BCUT2D eigenvalue weighted by atomic mass is 16.5. The number of nitrogens with zero attached hydrogens (tertiary/aromatic N) is 1. The summed E-state index contributed by atoms with van der Waals surface area (Å²) in [5.41, 5.74) is 5.17. The van der Waals surface area contributed by atoms with E-state index in [1.54, 1.807) is 13.8 Å². The molecule has 0 aliphatic heterocycles. The molecule has 0 fully saturated rings. The zero-order valence-electron chi connectivity index (χ0n) is 13.5. The predicted octanol–water partition coefficient (Wildman–Crippen LogP) is 2.27. The van der Waals surface area contributed by atoms with Gasteiger partial charge < -0.3 is 15.4 Å². The summed E-state index contributed by atoms with van der Waals surface area (Å²) in [7, 11) is 0. The van der Waals surface area contributed by atoms with Crippen LogP contribution in [-0.4, -0.2) is 42.6 Å². The maximum absolute atomic E-state index is 11.8. The topological polar surface area (TPSA) is 55.6 Å². The number of rotatable bonds is 9. The normalized spacial score (nSPS) is 15.1. The molecule has 0 aromatic carbocycles. The standard InChI is InChI=1S/C15H32N2O2/c1-7-19-14(18)15(6,16)8-9-17(10-12(2)3)11-13(4)5/h12-13H,7-11,16H2,1-6H3. The number of carbonyl (C=O) groups excluding carboxylic acids is 1. The minimum atomic E-state index is -0.887. The number of ether oxygens (including phenoxy) is 1. The number of carbonyl (C=O) groups is 1. The molecule has 0 radical (unpaired) electrons. The van der Waals surface area contributed by atoms with Crippen molar-refractivity contribution < 1.29 is 9.53 Å². The fourth-order valence-electron chi connectivity index (χ4n) is 2.08. The van der Waals surface area contributed by atoms with Crippen molar-refractivity contribution in [3.8, 4) is 0 Å². The fourth-order valence-corrected chi connectivity index (χ4v) is 2.08. The second kappa shape index (κ2) is 8.54. The van der Waals surface area contributed by atoms with Crippen LogP contribution in [0, 0.1) is 11.8 Å². The van der Waals surface area contributed by atoms with Gasteiger partial charge in [-0.2, -0.15) is 0 Å². The van der Waals surface area contributed by atoms with Gasteiger partial charge in [0.1, 0.15) is 5.54 Å². The van der Waals surface area contributed by atoms with Crippen molar-refractivity contribution in [3.05, 3.63) is 0 Å². The highest BCUT2D eigenvalue weighted by Crippen LogP contribution is 2.12. The summed E-state index contributed by atoms with van der Waals surface area (Å²) in [6.07, 6.45) is 0.630. The molecule has 4 nitrogen and oxygen atoms in total. The smallest absolute Gasteiger partial charge is 0.325 e. The average Bonchev–Trinajstić information content (AvgIpc) is 2.25. The molecule has 19 heavy (non-hydrogen) atoms. The highest BCUT2D eigenvalue weighted by molar-refractivity contribution is 5.79. The molecule has 0 amide bonds. The van der Waals surface area contributed by atoms with E-state index in [4.69, 9.17) is 10.5 Å². The third-order valence-electron chi connectivity index (χ3n) is 2.94. The molecule has 1 unspecified atom stereocenters. The van der Waals surface area contributed by atoms with Crippen LogP contribution in [0.15, 0.2) is 0 Å². The summed E-state index contributed by atoms with van der Waals surface area (Å²) < 4.78 is 5.02. The first kappa shape index (κ1) is 18.4. The number of nitrogens with two attached hydrogens (primary N) is 1. The van der Waals surface area contributed by atoms with Crippen LogP contribution in [-0.2, 0) is 9.53 Å². The summed E-state index contributed by atoms with van der Waals surface area (Å²) in [6.45, 7) is 15.7. The van der Waals surface area contributed by atoms with E-state index >= 15 is 0 Å². The van der Waals surface area contributed by atoms with Crippen molar-refractivity contribution >= 4 is 5.97 Å². The highest BCUT2D eigenvalue weighted by Gasteiger charge is 2.30. The first-order valence-electron chi connectivity index (χ1n) is 7.37. The van der Waals surface area contributed by atoms with Crippen LogP contribution in [0.3, 0.4) is 0 Å². The summed E-state index contributed by atoms with van der Waals surface area (Å²) in [5.74, 6) is 0.930. The van der Waals surface area contributed by atoms with E-state index in [9.17, 15) is 4.79 Å². The van der Waals surface area contributed by atoms with Crippen molar-refractivity contribution in [1.29, 1.82) is 0 Å². The maximum atomic E-state index is 11.8. The quantitative estimate of drug-likeness (QED) is 0.654. The van der Waals surface area contributed by atoms with E-state index in [0.717, 1.165) is 19.6 Å². The molecule has 0 aliphatic rings. The third-order valence-corrected chi connectivity index (χ3v) is 2.94. The van der Waals surface area contributed by atoms with Crippen molar-refractivity contribution in [2.45, 2.75) is 53.5 Å². The van der Waals surface area contributed by atoms with Gasteiger partial charge in [0.25, 0.3) is 0 Å². The van der Waals surface area contributed by atoms with Crippen LogP contribution in [0.5, 0.6) is 0 Å². The Morgan fingerprint density at radius 3 is 2.05 bits per heavy atom. The first-order chi connectivity index (χ1) is 8.69. The maximum Gasteiger partial charge on any atom is 0.325 e. The van der Waals surface area contributed by atoms with Crippen molar-refractivity contribution in [3.63, 3.8) is 0 Å². The molecular formula is C15H32N2O2. The molecule has 0 saturated heterocycles. The van der Waals surface area contributed by atoms with E-state index < -0.39 is 5.54 Å². The molecule has 114 valence electrons. The molecule has 0 heterocycles. The van der Waals surface area contributed by atoms with Gasteiger partial charge in [-0.15, -0.1) is 0 Å². The number of hydrogen-bond acceptors (Lipinski definition) is 4. The Bertz CT molecular complexity index is 253. The van der Waals surface area contributed by atoms with Gasteiger partial charge in [-0.1, -0.05) is 27.7 Å². The monoisotopic (exact) mass is 272 g/mol.